The Morgan fingerprint density at radius 3 is 2.93 bits per heavy atom. The van der Waals surface area contributed by atoms with Gasteiger partial charge in [-0.2, -0.15) is 0 Å². The van der Waals surface area contributed by atoms with Crippen LogP contribution in [0.25, 0.3) is 0 Å². The Kier molecular flexibility index (Phi) is 3.49. The third-order valence-electron chi connectivity index (χ3n) is 2.71. The number of likely N-dealkylation sites (N-methyl/N-ethyl adjacent to an activating group) is 1. The van der Waals surface area contributed by atoms with E-state index in [2.05, 4.69) is 11.9 Å². The van der Waals surface area contributed by atoms with Crippen molar-refractivity contribution in [3.05, 3.63) is 29.3 Å². The maximum atomic E-state index is 6.04. The molecule has 0 radical (unpaired) electrons. The average Bonchev–Trinajstić information content (AvgIpc) is 2.22. The molecule has 0 aromatic heterocycles. The van der Waals surface area contributed by atoms with E-state index in [0.29, 0.717) is 5.02 Å². The zero-order valence-electron chi connectivity index (χ0n) is 8.95. The molecule has 0 N–H and O–H groups in total. The SMILES string of the molecule is CN1CCCC(Oc2ccccc2Cl)C1. The molecule has 2 rings (SSSR count). The van der Waals surface area contributed by atoms with Gasteiger partial charge >= 0.3 is 0 Å². The van der Waals surface area contributed by atoms with E-state index >= 15 is 0 Å². The van der Waals surface area contributed by atoms with Gasteiger partial charge < -0.3 is 9.64 Å². The number of benzene rings is 1. The third-order valence-corrected chi connectivity index (χ3v) is 3.02. The zero-order valence-corrected chi connectivity index (χ0v) is 9.70. The number of hydrogen-bond donors (Lipinski definition) is 0. The summed E-state index contributed by atoms with van der Waals surface area (Å²) in [5.74, 6) is 0.805. The van der Waals surface area contributed by atoms with E-state index in [9.17, 15) is 0 Å². The monoisotopic (exact) mass is 225 g/mol. The van der Waals surface area contributed by atoms with E-state index < -0.39 is 0 Å². The Morgan fingerprint density at radius 1 is 1.40 bits per heavy atom. The van der Waals surface area contributed by atoms with Gasteiger partial charge in [0.15, 0.2) is 0 Å². The van der Waals surface area contributed by atoms with Crippen molar-refractivity contribution in [3.8, 4) is 5.75 Å². The van der Waals surface area contributed by atoms with Gasteiger partial charge in [0.1, 0.15) is 11.9 Å². The molecular weight excluding hydrogens is 210 g/mol. The molecule has 1 unspecified atom stereocenters. The van der Waals surface area contributed by atoms with E-state index in [4.69, 9.17) is 16.3 Å². The highest BCUT2D eigenvalue weighted by molar-refractivity contribution is 6.32. The third kappa shape index (κ3) is 2.86. The van der Waals surface area contributed by atoms with Gasteiger partial charge in [-0.3, -0.25) is 0 Å². The van der Waals surface area contributed by atoms with E-state index in [1.165, 1.54) is 13.0 Å². The number of halogens is 1. The van der Waals surface area contributed by atoms with Crippen molar-refractivity contribution in [2.45, 2.75) is 18.9 Å². The number of piperidine rings is 1. The standard InChI is InChI=1S/C12H16ClNO/c1-14-8-4-5-10(9-14)15-12-7-3-2-6-11(12)13/h2-3,6-7,10H,4-5,8-9H2,1H3. The minimum absolute atomic E-state index is 0.281. The fourth-order valence-electron chi connectivity index (χ4n) is 1.94. The highest BCUT2D eigenvalue weighted by Crippen LogP contribution is 2.26. The van der Waals surface area contributed by atoms with Crippen LogP contribution in [0.1, 0.15) is 12.8 Å². The van der Waals surface area contributed by atoms with Crippen LogP contribution in [0, 0.1) is 0 Å². The molecule has 1 atom stereocenters. The van der Waals surface area contributed by atoms with Crippen molar-refractivity contribution in [2.75, 3.05) is 20.1 Å². The number of nitrogens with zero attached hydrogens (tertiary/aromatic N) is 1. The summed E-state index contributed by atoms with van der Waals surface area (Å²) >= 11 is 6.04. The van der Waals surface area contributed by atoms with Gasteiger partial charge in [-0.25, -0.2) is 0 Å². The second kappa shape index (κ2) is 4.86. The van der Waals surface area contributed by atoms with Crippen molar-refractivity contribution in [1.82, 2.24) is 4.90 Å². The lowest BCUT2D eigenvalue weighted by atomic mass is 10.1. The number of likely N-dealkylation sites (tertiary alicyclic amines) is 1. The summed E-state index contributed by atoms with van der Waals surface area (Å²) in [6, 6.07) is 7.66. The highest BCUT2D eigenvalue weighted by atomic mass is 35.5. The van der Waals surface area contributed by atoms with Gasteiger partial charge in [0.25, 0.3) is 0 Å². The lowest BCUT2D eigenvalue weighted by Gasteiger charge is -2.30. The van der Waals surface area contributed by atoms with Gasteiger partial charge in [-0.05, 0) is 38.6 Å². The molecule has 15 heavy (non-hydrogen) atoms. The number of ether oxygens (including phenoxy) is 1. The molecule has 1 aromatic carbocycles. The second-order valence-corrected chi connectivity index (χ2v) is 4.48. The summed E-state index contributed by atoms with van der Waals surface area (Å²) in [6.07, 6.45) is 2.60. The van der Waals surface area contributed by atoms with Crippen molar-refractivity contribution >= 4 is 11.6 Å². The lowest BCUT2D eigenvalue weighted by molar-refractivity contribution is 0.104. The number of rotatable bonds is 2. The van der Waals surface area contributed by atoms with Gasteiger partial charge in [0.2, 0.25) is 0 Å². The first-order valence-corrected chi connectivity index (χ1v) is 5.73. The molecule has 0 aliphatic carbocycles. The molecule has 1 saturated heterocycles. The van der Waals surface area contributed by atoms with Crippen LogP contribution in [-0.2, 0) is 0 Å². The molecule has 1 aliphatic heterocycles. The lowest BCUT2D eigenvalue weighted by Crippen LogP contribution is -2.38. The molecule has 1 aromatic rings. The molecule has 0 bridgehead atoms. The normalized spacial score (nSPS) is 22.7. The first-order chi connectivity index (χ1) is 7.25. The van der Waals surface area contributed by atoms with Crippen LogP contribution >= 0.6 is 11.6 Å². The number of hydrogen-bond acceptors (Lipinski definition) is 2. The van der Waals surface area contributed by atoms with Crippen LogP contribution in [0.15, 0.2) is 24.3 Å². The van der Waals surface area contributed by atoms with Crippen LogP contribution in [0.5, 0.6) is 5.75 Å². The maximum absolute atomic E-state index is 6.04. The smallest absolute Gasteiger partial charge is 0.138 e. The quantitative estimate of drug-likeness (QED) is 0.768. The Bertz CT molecular complexity index is 329. The summed E-state index contributed by atoms with van der Waals surface area (Å²) in [5.41, 5.74) is 0. The van der Waals surface area contributed by atoms with Crippen LogP contribution in [0.2, 0.25) is 5.02 Å². The summed E-state index contributed by atoms with van der Waals surface area (Å²) in [7, 11) is 2.13. The maximum Gasteiger partial charge on any atom is 0.138 e. The fourth-order valence-corrected chi connectivity index (χ4v) is 2.12. The summed E-state index contributed by atoms with van der Waals surface area (Å²) in [6.45, 7) is 2.16. The molecule has 0 spiro atoms. The van der Waals surface area contributed by atoms with Crippen LogP contribution in [0.3, 0.4) is 0 Å². The predicted molar refractivity (Wildman–Crippen MR) is 62.6 cm³/mol. The second-order valence-electron chi connectivity index (χ2n) is 4.07. The van der Waals surface area contributed by atoms with Crippen molar-refractivity contribution in [1.29, 1.82) is 0 Å². The Labute approximate surface area is 95.8 Å². The molecule has 1 heterocycles. The van der Waals surface area contributed by atoms with Gasteiger partial charge in [0.05, 0.1) is 5.02 Å². The van der Waals surface area contributed by atoms with Gasteiger partial charge in [-0.1, -0.05) is 23.7 Å². The fraction of sp³-hybridized carbons (Fsp3) is 0.500. The minimum atomic E-state index is 0.281. The van der Waals surface area contributed by atoms with E-state index in [0.717, 1.165) is 18.7 Å². The van der Waals surface area contributed by atoms with E-state index in [-0.39, 0.29) is 6.10 Å². The first-order valence-electron chi connectivity index (χ1n) is 5.35. The predicted octanol–water partition coefficient (Wildman–Crippen LogP) is 2.81. The summed E-state index contributed by atoms with van der Waals surface area (Å²) in [4.78, 5) is 2.30. The average molecular weight is 226 g/mol. The highest BCUT2D eigenvalue weighted by Gasteiger charge is 2.19. The molecule has 2 nitrogen and oxygen atoms in total. The van der Waals surface area contributed by atoms with Crippen LogP contribution in [0.4, 0.5) is 0 Å². The van der Waals surface area contributed by atoms with Crippen molar-refractivity contribution in [2.24, 2.45) is 0 Å². The van der Waals surface area contributed by atoms with E-state index in [1.54, 1.807) is 0 Å². The summed E-state index contributed by atoms with van der Waals surface area (Å²) < 4.78 is 5.88. The van der Waals surface area contributed by atoms with Crippen LogP contribution < -0.4 is 4.74 Å². The Hall–Kier alpha value is -0.730. The first kappa shape index (κ1) is 10.8. The molecule has 1 aliphatic rings. The van der Waals surface area contributed by atoms with Crippen molar-refractivity contribution < 1.29 is 4.74 Å². The Balaban J connectivity index is 1.99. The van der Waals surface area contributed by atoms with E-state index in [1.807, 2.05) is 24.3 Å². The molecule has 0 amide bonds. The van der Waals surface area contributed by atoms with Crippen molar-refractivity contribution in [3.63, 3.8) is 0 Å². The van der Waals surface area contributed by atoms with Crippen LogP contribution in [-0.4, -0.2) is 31.1 Å². The van der Waals surface area contributed by atoms with Gasteiger partial charge in [-0.15, -0.1) is 0 Å². The molecular formula is C12H16ClNO. The summed E-state index contributed by atoms with van der Waals surface area (Å²) in [5, 5.41) is 0.700. The largest absolute Gasteiger partial charge is 0.488 e. The van der Waals surface area contributed by atoms with Gasteiger partial charge in [0, 0.05) is 6.54 Å². The minimum Gasteiger partial charge on any atom is -0.488 e. The molecule has 82 valence electrons. The zero-order chi connectivity index (χ0) is 10.7. The number of para-hydroxylation sites is 1. The Morgan fingerprint density at radius 2 is 2.20 bits per heavy atom. The molecule has 1 fully saturated rings. The topological polar surface area (TPSA) is 12.5 Å². The molecule has 3 heteroatoms. The molecule has 0 saturated carbocycles.